The van der Waals surface area contributed by atoms with Crippen molar-refractivity contribution in [1.82, 2.24) is 5.32 Å². The second-order valence-corrected chi connectivity index (χ2v) is 6.95. The maximum Gasteiger partial charge on any atom is 0.251 e. The molecule has 0 aliphatic rings. The summed E-state index contributed by atoms with van der Waals surface area (Å²) in [6.45, 7) is 3.56. The first-order valence-electron chi connectivity index (χ1n) is 8.04. The molecule has 1 unspecified atom stereocenters. The lowest BCUT2D eigenvalue weighted by Gasteiger charge is -2.12. The molecule has 6 nitrogen and oxygen atoms in total. The number of ether oxygens (including phenoxy) is 1. The summed E-state index contributed by atoms with van der Waals surface area (Å²) in [5.74, 6) is 0.569. The number of halogens is 2. The van der Waals surface area contributed by atoms with Gasteiger partial charge in [0, 0.05) is 16.1 Å². The van der Waals surface area contributed by atoms with Crippen LogP contribution in [0.2, 0.25) is 5.02 Å². The maximum absolute atomic E-state index is 11.7. The Balaban J connectivity index is 0.000000289. The minimum Gasteiger partial charge on any atom is -0.496 e. The Hall–Kier alpha value is -2.09. The van der Waals surface area contributed by atoms with E-state index >= 15 is 0 Å². The van der Waals surface area contributed by atoms with Crippen molar-refractivity contribution < 1.29 is 19.4 Å². The predicted molar refractivity (Wildman–Crippen MR) is 111 cm³/mol. The molecule has 1 atom stereocenters. The molecule has 0 heterocycles. The van der Waals surface area contributed by atoms with E-state index in [9.17, 15) is 9.59 Å². The van der Waals surface area contributed by atoms with Gasteiger partial charge >= 0.3 is 0 Å². The smallest absolute Gasteiger partial charge is 0.251 e. The van der Waals surface area contributed by atoms with Gasteiger partial charge in [-0.05, 0) is 55.8 Å². The summed E-state index contributed by atoms with van der Waals surface area (Å²) in [5.41, 5.74) is 2.09. The zero-order valence-electron chi connectivity index (χ0n) is 15.3. The summed E-state index contributed by atoms with van der Waals surface area (Å²) in [6, 6.07) is 10.2. The maximum atomic E-state index is 11.7. The first kappa shape index (κ1) is 23.0. The number of methoxy groups -OCH3 is 1. The highest BCUT2D eigenvalue weighted by atomic mass is 79.9. The van der Waals surface area contributed by atoms with E-state index in [0.717, 1.165) is 15.8 Å². The number of aliphatic hydroxyl groups is 1. The average molecular weight is 458 g/mol. The molecule has 2 aromatic carbocycles. The van der Waals surface area contributed by atoms with Crippen LogP contribution in [0, 0.1) is 6.92 Å². The molecular formula is C19H22BrClN2O4. The van der Waals surface area contributed by atoms with Crippen molar-refractivity contribution in [2.24, 2.45) is 0 Å². The SMILES string of the molecule is COc1ccc(C(=O)NC(C)CO)cc1C.O=CNc1ccc(Br)cc1Cl. The van der Waals surface area contributed by atoms with Gasteiger partial charge in [-0.2, -0.15) is 0 Å². The normalized spacial score (nSPS) is 10.9. The number of benzene rings is 2. The van der Waals surface area contributed by atoms with Gasteiger partial charge in [-0.1, -0.05) is 27.5 Å². The molecule has 0 radical (unpaired) electrons. The van der Waals surface area contributed by atoms with E-state index in [1.54, 1.807) is 50.4 Å². The van der Waals surface area contributed by atoms with Crippen LogP contribution in [-0.2, 0) is 4.79 Å². The van der Waals surface area contributed by atoms with Crippen molar-refractivity contribution in [3.8, 4) is 5.75 Å². The second-order valence-electron chi connectivity index (χ2n) is 5.63. The Labute approximate surface area is 172 Å². The van der Waals surface area contributed by atoms with Crippen molar-refractivity contribution in [2.45, 2.75) is 19.9 Å². The first-order chi connectivity index (χ1) is 12.8. The van der Waals surface area contributed by atoms with Gasteiger partial charge in [0.15, 0.2) is 0 Å². The Bertz CT molecular complexity index is 786. The fourth-order valence-electron chi connectivity index (χ4n) is 2.04. The number of nitrogens with one attached hydrogen (secondary N) is 2. The second kappa shape index (κ2) is 11.6. The van der Waals surface area contributed by atoms with Crippen LogP contribution in [0.5, 0.6) is 5.75 Å². The highest BCUT2D eigenvalue weighted by molar-refractivity contribution is 9.10. The van der Waals surface area contributed by atoms with Crippen LogP contribution in [0.4, 0.5) is 5.69 Å². The predicted octanol–water partition coefficient (Wildman–Crippen LogP) is 3.79. The molecule has 2 aromatic rings. The quantitative estimate of drug-likeness (QED) is 0.576. The molecule has 0 fully saturated rings. The number of carbonyl (C=O) groups excluding carboxylic acids is 2. The van der Waals surface area contributed by atoms with Gasteiger partial charge < -0.3 is 20.5 Å². The lowest BCUT2D eigenvalue weighted by Crippen LogP contribution is -2.34. The van der Waals surface area contributed by atoms with Gasteiger partial charge in [0.05, 0.1) is 24.4 Å². The summed E-state index contributed by atoms with van der Waals surface area (Å²) >= 11 is 9.00. The number of anilines is 1. The van der Waals surface area contributed by atoms with Crippen LogP contribution in [-0.4, -0.2) is 37.2 Å². The van der Waals surface area contributed by atoms with Crippen LogP contribution in [0.25, 0.3) is 0 Å². The van der Waals surface area contributed by atoms with Crippen molar-refractivity contribution in [2.75, 3.05) is 19.0 Å². The number of carbonyl (C=O) groups is 2. The molecule has 146 valence electrons. The van der Waals surface area contributed by atoms with E-state index in [0.29, 0.717) is 22.7 Å². The Morgan fingerprint density at radius 1 is 1.33 bits per heavy atom. The fourth-order valence-corrected chi connectivity index (χ4v) is 2.77. The van der Waals surface area contributed by atoms with Gasteiger partial charge in [-0.25, -0.2) is 0 Å². The Kier molecular flexibility index (Phi) is 9.85. The van der Waals surface area contributed by atoms with E-state index < -0.39 is 0 Å². The molecular weight excluding hydrogens is 436 g/mol. The number of aliphatic hydroxyl groups excluding tert-OH is 1. The van der Waals surface area contributed by atoms with Crippen molar-refractivity contribution in [3.05, 3.63) is 57.0 Å². The summed E-state index contributed by atoms with van der Waals surface area (Å²) in [7, 11) is 1.59. The summed E-state index contributed by atoms with van der Waals surface area (Å²) < 4.78 is 6.00. The first-order valence-corrected chi connectivity index (χ1v) is 9.21. The topological polar surface area (TPSA) is 87.7 Å². The summed E-state index contributed by atoms with van der Waals surface area (Å²) in [4.78, 5) is 21.7. The lowest BCUT2D eigenvalue weighted by molar-refractivity contribution is -0.105. The molecule has 0 saturated carbocycles. The molecule has 8 heteroatoms. The number of rotatable bonds is 6. The minimum absolute atomic E-state index is 0.0686. The summed E-state index contributed by atoms with van der Waals surface area (Å²) in [6.07, 6.45) is 0.592. The molecule has 0 aliphatic carbocycles. The van der Waals surface area contributed by atoms with Crippen LogP contribution < -0.4 is 15.4 Å². The van der Waals surface area contributed by atoms with Gasteiger partial charge in [0.2, 0.25) is 6.41 Å². The van der Waals surface area contributed by atoms with Crippen molar-refractivity contribution in [3.63, 3.8) is 0 Å². The van der Waals surface area contributed by atoms with Gasteiger partial charge in [0.25, 0.3) is 5.91 Å². The number of hydrogen-bond donors (Lipinski definition) is 3. The van der Waals surface area contributed by atoms with Crippen LogP contribution >= 0.6 is 27.5 Å². The molecule has 2 amide bonds. The lowest BCUT2D eigenvalue weighted by atomic mass is 10.1. The molecule has 0 spiro atoms. The molecule has 27 heavy (non-hydrogen) atoms. The largest absolute Gasteiger partial charge is 0.496 e. The zero-order valence-corrected chi connectivity index (χ0v) is 17.6. The third-order valence-electron chi connectivity index (χ3n) is 3.45. The van der Waals surface area contributed by atoms with E-state index in [1.165, 1.54) is 0 Å². The standard InChI is InChI=1S/C12H17NO3.C7H5BrClNO/c1-8-6-10(4-5-11(8)16-3)12(15)13-9(2)7-14;8-5-1-2-7(10-4-11)6(9)3-5/h4-6,9,14H,7H2,1-3H3,(H,13,15);1-4H,(H,10,11). The Morgan fingerprint density at radius 2 is 2.04 bits per heavy atom. The molecule has 0 saturated heterocycles. The minimum atomic E-state index is -0.241. The van der Waals surface area contributed by atoms with Crippen LogP contribution in [0.3, 0.4) is 0 Å². The highest BCUT2D eigenvalue weighted by Crippen LogP contribution is 2.24. The molecule has 0 bridgehead atoms. The van der Waals surface area contributed by atoms with Crippen molar-refractivity contribution in [1.29, 1.82) is 0 Å². The van der Waals surface area contributed by atoms with Gasteiger partial charge in [-0.3, -0.25) is 9.59 Å². The van der Waals surface area contributed by atoms with Crippen LogP contribution in [0.15, 0.2) is 40.9 Å². The van der Waals surface area contributed by atoms with E-state index in [2.05, 4.69) is 26.6 Å². The summed E-state index contributed by atoms with van der Waals surface area (Å²) in [5, 5.41) is 14.5. The monoisotopic (exact) mass is 456 g/mol. The average Bonchev–Trinajstić information content (AvgIpc) is 2.64. The third kappa shape index (κ3) is 7.58. The number of hydrogen-bond acceptors (Lipinski definition) is 4. The molecule has 3 N–H and O–H groups in total. The fraction of sp³-hybridized carbons (Fsp3) is 0.263. The van der Waals surface area contributed by atoms with Gasteiger partial charge in [0.1, 0.15) is 5.75 Å². The zero-order chi connectivity index (χ0) is 20.4. The van der Waals surface area contributed by atoms with Crippen molar-refractivity contribution >= 4 is 45.5 Å². The van der Waals surface area contributed by atoms with E-state index in [-0.39, 0.29) is 18.6 Å². The van der Waals surface area contributed by atoms with E-state index in [4.69, 9.17) is 21.4 Å². The molecule has 0 aliphatic heterocycles. The molecule has 2 rings (SSSR count). The van der Waals surface area contributed by atoms with Gasteiger partial charge in [-0.15, -0.1) is 0 Å². The number of amides is 2. The number of aryl methyl sites for hydroxylation is 1. The molecule has 0 aromatic heterocycles. The third-order valence-corrected chi connectivity index (χ3v) is 4.26. The van der Waals surface area contributed by atoms with Crippen LogP contribution in [0.1, 0.15) is 22.8 Å². The van der Waals surface area contributed by atoms with E-state index in [1.807, 2.05) is 6.92 Å². The highest BCUT2D eigenvalue weighted by Gasteiger charge is 2.10. The Morgan fingerprint density at radius 3 is 2.56 bits per heavy atom.